The van der Waals surface area contributed by atoms with E-state index in [9.17, 15) is 0 Å². The third-order valence-electron chi connectivity index (χ3n) is 2.80. The third kappa shape index (κ3) is 3.23. The molecule has 102 valence electrons. The van der Waals surface area contributed by atoms with Crippen molar-refractivity contribution in [3.8, 4) is 5.75 Å². The van der Waals surface area contributed by atoms with E-state index in [1.165, 1.54) is 0 Å². The molecule has 0 aliphatic rings. The normalized spacial score (nSPS) is 10.7. The quantitative estimate of drug-likeness (QED) is 0.862. The molecule has 1 aromatic carbocycles. The minimum atomic E-state index is -0.00938. The van der Waals surface area contributed by atoms with Gasteiger partial charge < -0.3 is 14.4 Å². The number of hydrogen-bond acceptors (Lipinski definition) is 4. The number of thioether (sulfide) groups is 1. The first kappa shape index (κ1) is 14.2. The number of aliphatic hydroxyl groups excluding tert-OH is 1. The van der Waals surface area contributed by atoms with Crippen LogP contribution in [0.25, 0.3) is 0 Å². The van der Waals surface area contributed by atoms with Crippen molar-refractivity contribution in [2.75, 3.05) is 7.11 Å². The molecule has 0 spiro atoms. The highest BCUT2D eigenvalue weighted by molar-refractivity contribution is 7.98. The van der Waals surface area contributed by atoms with Crippen LogP contribution in [0.3, 0.4) is 0 Å². The lowest BCUT2D eigenvalue weighted by atomic mass is 10.2. The van der Waals surface area contributed by atoms with Gasteiger partial charge in [0.15, 0.2) is 5.16 Å². The van der Waals surface area contributed by atoms with Gasteiger partial charge in [0.25, 0.3) is 0 Å². The second-order valence-electron chi connectivity index (χ2n) is 3.99. The summed E-state index contributed by atoms with van der Waals surface area (Å²) in [5.74, 6) is 1.52. The Bertz CT molecular complexity index is 572. The Morgan fingerprint density at radius 3 is 2.89 bits per heavy atom. The molecule has 1 N–H and O–H groups in total. The number of ether oxygens (including phenoxy) is 1. The predicted octanol–water partition coefficient (Wildman–Crippen LogP) is 2.87. The average molecular weight is 299 g/mol. The molecular formula is C13H15ClN2O2S. The van der Waals surface area contributed by atoms with E-state index in [1.807, 2.05) is 23.7 Å². The topological polar surface area (TPSA) is 47.3 Å². The highest BCUT2D eigenvalue weighted by atomic mass is 35.5. The number of halogens is 1. The minimum absolute atomic E-state index is 0.00938. The molecular weight excluding hydrogens is 284 g/mol. The number of methoxy groups -OCH3 is 1. The average Bonchev–Trinajstić information content (AvgIpc) is 2.77. The molecule has 0 bridgehead atoms. The molecule has 0 atom stereocenters. The van der Waals surface area contributed by atoms with Crippen molar-refractivity contribution in [3.05, 3.63) is 40.7 Å². The van der Waals surface area contributed by atoms with Crippen LogP contribution in [0, 0.1) is 0 Å². The molecule has 1 aromatic heterocycles. The van der Waals surface area contributed by atoms with E-state index in [1.54, 1.807) is 31.1 Å². The van der Waals surface area contributed by atoms with Crippen LogP contribution in [0.15, 0.2) is 29.6 Å². The van der Waals surface area contributed by atoms with E-state index in [0.29, 0.717) is 10.8 Å². The summed E-state index contributed by atoms with van der Waals surface area (Å²) in [6.45, 7) is -0.00938. The Labute approximate surface area is 121 Å². The first-order chi connectivity index (χ1) is 9.15. The SMILES string of the molecule is COc1ccc(Cl)cc1CSc1ncc(CO)n1C. The maximum absolute atomic E-state index is 9.13. The Morgan fingerprint density at radius 1 is 1.47 bits per heavy atom. The molecule has 0 amide bonds. The standard InChI is InChI=1S/C13H15ClN2O2S/c1-16-11(7-17)6-15-13(16)19-8-9-5-10(14)3-4-12(9)18-2/h3-6,17H,7-8H2,1-2H3. The van der Waals surface area contributed by atoms with Gasteiger partial charge in [0, 0.05) is 23.4 Å². The van der Waals surface area contributed by atoms with Crippen LogP contribution in [0.1, 0.15) is 11.3 Å². The molecule has 0 aliphatic carbocycles. The molecule has 0 fully saturated rings. The highest BCUT2D eigenvalue weighted by Crippen LogP contribution is 2.29. The van der Waals surface area contributed by atoms with Gasteiger partial charge in [-0.25, -0.2) is 4.98 Å². The smallest absolute Gasteiger partial charge is 0.168 e. The van der Waals surface area contributed by atoms with Crippen molar-refractivity contribution in [3.63, 3.8) is 0 Å². The Morgan fingerprint density at radius 2 is 2.26 bits per heavy atom. The molecule has 0 saturated carbocycles. The predicted molar refractivity (Wildman–Crippen MR) is 76.7 cm³/mol. The van der Waals surface area contributed by atoms with Crippen LogP contribution < -0.4 is 4.74 Å². The van der Waals surface area contributed by atoms with E-state index in [2.05, 4.69) is 4.98 Å². The summed E-state index contributed by atoms with van der Waals surface area (Å²) < 4.78 is 7.18. The van der Waals surface area contributed by atoms with Gasteiger partial charge in [0.05, 0.1) is 25.6 Å². The van der Waals surface area contributed by atoms with Crippen molar-refractivity contribution in [1.29, 1.82) is 0 Å². The zero-order valence-electron chi connectivity index (χ0n) is 10.8. The third-order valence-corrected chi connectivity index (χ3v) is 4.13. The number of aliphatic hydroxyl groups is 1. The van der Waals surface area contributed by atoms with Gasteiger partial charge in [-0.2, -0.15) is 0 Å². The van der Waals surface area contributed by atoms with Gasteiger partial charge in [-0.3, -0.25) is 0 Å². The maximum atomic E-state index is 9.13. The number of rotatable bonds is 5. The number of benzene rings is 1. The van der Waals surface area contributed by atoms with Crippen LogP contribution in [0.5, 0.6) is 5.75 Å². The lowest BCUT2D eigenvalue weighted by Crippen LogP contribution is -1.98. The van der Waals surface area contributed by atoms with Crippen molar-refractivity contribution < 1.29 is 9.84 Å². The Kier molecular flexibility index (Phi) is 4.74. The van der Waals surface area contributed by atoms with Crippen molar-refractivity contribution in [2.24, 2.45) is 7.05 Å². The van der Waals surface area contributed by atoms with Crippen molar-refractivity contribution >= 4 is 23.4 Å². The molecule has 4 nitrogen and oxygen atoms in total. The number of hydrogen-bond donors (Lipinski definition) is 1. The van der Waals surface area contributed by atoms with Gasteiger partial charge in [-0.05, 0) is 18.2 Å². The first-order valence-electron chi connectivity index (χ1n) is 5.72. The summed E-state index contributed by atoms with van der Waals surface area (Å²) in [5, 5.41) is 10.7. The van der Waals surface area contributed by atoms with E-state index in [0.717, 1.165) is 22.2 Å². The fourth-order valence-corrected chi connectivity index (χ4v) is 2.85. The lowest BCUT2D eigenvalue weighted by Gasteiger charge is -2.09. The van der Waals surface area contributed by atoms with Crippen molar-refractivity contribution in [2.45, 2.75) is 17.5 Å². The molecule has 2 aromatic rings. The summed E-state index contributed by atoms with van der Waals surface area (Å²) in [4.78, 5) is 4.27. The number of aromatic nitrogens is 2. The van der Waals surface area contributed by atoms with E-state index in [4.69, 9.17) is 21.4 Å². The van der Waals surface area contributed by atoms with Gasteiger partial charge in [-0.1, -0.05) is 23.4 Å². The van der Waals surface area contributed by atoms with E-state index >= 15 is 0 Å². The fourth-order valence-electron chi connectivity index (χ4n) is 1.71. The van der Waals surface area contributed by atoms with Crippen molar-refractivity contribution in [1.82, 2.24) is 9.55 Å². The van der Waals surface area contributed by atoms with E-state index < -0.39 is 0 Å². The molecule has 6 heteroatoms. The lowest BCUT2D eigenvalue weighted by molar-refractivity contribution is 0.271. The number of nitrogens with zero attached hydrogens (tertiary/aromatic N) is 2. The summed E-state index contributed by atoms with van der Waals surface area (Å²) in [6, 6.07) is 5.55. The second kappa shape index (κ2) is 6.32. The van der Waals surface area contributed by atoms with Gasteiger partial charge in [0.2, 0.25) is 0 Å². The van der Waals surface area contributed by atoms with Crippen LogP contribution in [-0.4, -0.2) is 21.8 Å². The van der Waals surface area contributed by atoms with Gasteiger partial charge in [-0.15, -0.1) is 0 Å². The summed E-state index contributed by atoms with van der Waals surface area (Å²) in [7, 11) is 3.53. The monoisotopic (exact) mass is 298 g/mol. The molecule has 0 unspecified atom stereocenters. The molecule has 19 heavy (non-hydrogen) atoms. The fraction of sp³-hybridized carbons (Fsp3) is 0.308. The van der Waals surface area contributed by atoms with Gasteiger partial charge in [0.1, 0.15) is 5.75 Å². The largest absolute Gasteiger partial charge is 0.496 e. The number of imidazole rings is 1. The minimum Gasteiger partial charge on any atom is -0.496 e. The Balaban J connectivity index is 2.13. The van der Waals surface area contributed by atoms with Crippen LogP contribution in [0.2, 0.25) is 5.02 Å². The van der Waals surface area contributed by atoms with E-state index in [-0.39, 0.29) is 6.61 Å². The second-order valence-corrected chi connectivity index (χ2v) is 5.37. The molecule has 1 heterocycles. The Hall–Kier alpha value is -1.17. The van der Waals surface area contributed by atoms with Crippen LogP contribution in [0.4, 0.5) is 0 Å². The van der Waals surface area contributed by atoms with Crippen LogP contribution >= 0.6 is 23.4 Å². The summed E-state index contributed by atoms with van der Waals surface area (Å²) in [6.07, 6.45) is 1.68. The molecule has 0 aliphatic heterocycles. The first-order valence-corrected chi connectivity index (χ1v) is 7.08. The van der Waals surface area contributed by atoms with Crippen LogP contribution in [-0.2, 0) is 19.4 Å². The highest BCUT2D eigenvalue weighted by Gasteiger charge is 2.09. The molecule has 0 saturated heterocycles. The summed E-state index contributed by atoms with van der Waals surface area (Å²) in [5.41, 5.74) is 1.81. The molecule has 2 rings (SSSR count). The zero-order chi connectivity index (χ0) is 13.8. The maximum Gasteiger partial charge on any atom is 0.168 e. The zero-order valence-corrected chi connectivity index (χ0v) is 12.3. The molecule has 0 radical (unpaired) electrons. The summed E-state index contributed by atoms with van der Waals surface area (Å²) >= 11 is 7.57. The van der Waals surface area contributed by atoms with Gasteiger partial charge >= 0.3 is 0 Å².